The van der Waals surface area contributed by atoms with Gasteiger partial charge in [0.25, 0.3) is 0 Å². The van der Waals surface area contributed by atoms with Crippen LogP contribution in [0.1, 0.15) is 75.3 Å². The van der Waals surface area contributed by atoms with Gasteiger partial charge in [-0.1, -0.05) is 56.2 Å². The Balaban J connectivity index is 0.000000228. The van der Waals surface area contributed by atoms with E-state index in [9.17, 15) is 9.59 Å². The van der Waals surface area contributed by atoms with Crippen molar-refractivity contribution >= 4 is 11.9 Å². The van der Waals surface area contributed by atoms with Crippen molar-refractivity contribution < 1.29 is 14.3 Å². The van der Waals surface area contributed by atoms with Gasteiger partial charge in [-0.2, -0.15) is 0 Å². The summed E-state index contributed by atoms with van der Waals surface area (Å²) in [6.07, 6.45) is 11.3. The van der Waals surface area contributed by atoms with E-state index < -0.39 is 0 Å². The molecule has 0 unspecified atom stereocenters. The van der Waals surface area contributed by atoms with Crippen LogP contribution in [0.4, 0.5) is 0 Å². The number of hydrogen-bond acceptors (Lipinski definition) is 3. The second-order valence-electron chi connectivity index (χ2n) is 7.76. The minimum absolute atomic E-state index is 0.0448. The fourth-order valence-electron chi connectivity index (χ4n) is 3.83. The Morgan fingerprint density at radius 2 is 1.42 bits per heavy atom. The van der Waals surface area contributed by atoms with Gasteiger partial charge in [0, 0.05) is 5.92 Å². The molecule has 0 heterocycles. The van der Waals surface area contributed by atoms with E-state index in [0.29, 0.717) is 5.75 Å². The van der Waals surface area contributed by atoms with Crippen LogP contribution in [0, 0.1) is 25.7 Å². The third-order valence-electron chi connectivity index (χ3n) is 5.49. The summed E-state index contributed by atoms with van der Waals surface area (Å²) < 4.78 is 5.50. The maximum absolute atomic E-state index is 12.0. The van der Waals surface area contributed by atoms with Crippen LogP contribution < -0.4 is 10.5 Å². The van der Waals surface area contributed by atoms with Crippen molar-refractivity contribution in [3.8, 4) is 5.75 Å². The number of benzene rings is 1. The molecule has 0 spiro atoms. The number of primary amides is 1. The van der Waals surface area contributed by atoms with E-state index in [-0.39, 0.29) is 23.7 Å². The van der Waals surface area contributed by atoms with Gasteiger partial charge in [0.15, 0.2) is 0 Å². The van der Waals surface area contributed by atoms with Crippen LogP contribution in [0.25, 0.3) is 0 Å². The number of aryl methyl sites for hydroxylation is 2. The van der Waals surface area contributed by atoms with Crippen LogP contribution >= 0.6 is 0 Å². The molecule has 2 saturated carbocycles. The first-order valence-electron chi connectivity index (χ1n) is 10.1. The Hall–Kier alpha value is -1.84. The SMILES string of the molecule is Cc1ccc(OC(=O)C2CCCCC2)c(C)c1.NC(=O)C1CCCCC1. The van der Waals surface area contributed by atoms with Crippen LogP contribution in [-0.4, -0.2) is 11.9 Å². The summed E-state index contributed by atoms with van der Waals surface area (Å²) in [6.45, 7) is 4.02. The molecule has 0 atom stereocenters. The van der Waals surface area contributed by atoms with Gasteiger partial charge < -0.3 is 10.5 Å². The lowest BCUT2D eigenvalue weighted by atomic mass is 9.89. The number of amides is 1. The van der Waals surface area contributed by atoms with Crippen LogP contribution in [0.5, 0.6) is 5.75 Å². The lowest BCUT2D eigenvalue weighted by Gasteiger charge is -2.20. The molecule has 4 heteroatoms. The molecule has 4 nitrogen and oxygen atoms in total. The highest BCUT2D eigenvalue weighted by Gasteiger charge is 2.23. The first-order chi connectivity index (χ1) is 12.5. The second-order valence-corrected chi connectivity index (χ2v) is 7.76. The molecule has 1 amide bonds. The van der Waals surface area contributed by atoms with E-state index in [2.05, 4.69) is 0 Å². The van der Waals surface area contributed by atoms with Crippen molar-refractivity contribution in [2.75, 3.05) is 0 Å². The summed E-state index contributed by atoms with van der Waals surface area (Å²) in [6, 6.07) is 5.92. The van der Waals surface area contributed by atoms with Gasteiger partial charge in [-0.15, -0.1) is 0 Å². The van der Waals surface area contributed by atoms with Gasteiger partial charge in [-0.3, -0.25) is 9.59 Å². The molecule has 0 aromatic heterocycles. The van der Waals surface area contributed by atoms with Gasteiger partial charge in [0.1, 0.15) is 5.75 Å². The molecular weight excluding hydrogens is 326 g/mol. The van der Waals surface area contributed by atoms with Crippen LogP contribution in [0.3, 0.4) is 0 Å². The van der Waals surface area contributed by atoms with Gasteiger partial charge in [0.05, 0.1) is 5.92 Å². The van der Waals surface area contributed by atoms with Crippen LogP contribution in [0.2, 0.25) is 0 Å². The Bertz CT molecular complexity index is 599. The highest BCUT2D eigenvalue weighted by Crippen LogP contribution is 2.27. The van der Waals surface area contributed by atoms with E-state index in [4.69, 9.17) is 10.5 Å². The average Bonchev–Trinajstić information content (AvgIpc) is 2.66. The molecular formula is C22H33NO3. The molecule has 26 heavy (non-hydrogen) atoms. The molecule has 1 aromatic carbocycles. The summed E-state index contributed by atoms with van der Waals surface area (Å²) in [5.41, 5.74) is 7.36. The number of carbonyl (C=O) groups excluding carboxylic acids is 2. The smallest absolute Gasteiger partial charge is 0.314 e. The molecule has 144 valence electrons. The zero-order chi connectivity index (χ0) is 18.9. The van der Waals surface area contributed by atoms with Gasteiger partial charge in [0.2, 0.25) is 5.91 Å². The molecule has 0 bridgehead atoms. The third-order valence-corrected chi connectivity index (χ3v) is 5.49. The lowest BCUT2D eigenvalue weighted by Crippen LogP contribution is -2.24. The van der Waals surface area contributed by atoms with Gasteiger partial charge >= 0.3 is 5.97 Å². The number of ether oxygens (including phenoxy) is 1. The Kier molecular flexibility index (Phi) is 8.14. The highest BCUT2D eigenvalue weighted by atomic mass is 16.5. The molecule has 1 aromatic rings. The highest BCUT2D eigenvalue weighted by molar-refractivity contribution is 5.76. The molecule has 2 aliphatic rings. The summed E-state index contributed by atoms with van der Waals surface area (Å²) in [7, 11) is 0. The Morgan fingerprint density at radius 3 is 1.88 bits per heavy atom. The van der Waals surface area contributed by atoms with Crippen molar-refractivity contribution in [1.82, 2.24) is 0 Å². The van der Waals surface area contributed by atoms with Crippen molar-refractivity contribution in [2.45, 2.75) is 78.1 Å². The molecule has 2 aliphatic carbocycles. The normalized spacial score (nSPS) is 18.5. The average molecular weight is 360 g/mol. The molecule has 0 aliphatic heterocycles. The van der Waals surface area contributed by atoms with Crippen molar-refractivity contribution in [2.24, 2.45) is 17.6 Å². The van der Waals surface area contributed by atoms with Crippen molar-refractivity contribution in [3.63, 3.8) is 0 Å². The Labute approximate surface area is 157 Å². The summed E-state index contributed by atoms with van der Waals surface area (Å²) in [5.74, 6) is 0.876. The third kappa shape index (κ3) is 6.47. The summed E-state index contributed by atoms with van der Waals surface area (Å²) >= 11 is 0. The van der Waals surface area contributed by atoms with Crippen molar-refractivity contribution in [1.29, 1.82) is 0 Å². The summed E-state index contributed by atoms with van der Waals surface area (Å²) in [4.78, 5) is 22.6. The zero-order valence-corrected chi connectivity index (χ0v) is 16.3. The monoisotopic (exact) mass is 359 g/mol. The molecule has 0 saturated heterocycles. The fraction of sp³-hybridized carbons (Fsp3) is 0.636. The first kappa shape index (κ1) is 20.5. The predicted octanol–water partition coefficient (Wildman–Crippen LogP) is 4.84. The predicted molar refractivity (Wildman–Crippen MR) is 104 cm³/mol. The summed E-state index contributed by atoms with van der Waals surface area (Å²) in [5, 5.41) is 0. The van der Waals surface area contributed by atoms with Crippen LogP contribution in [-0.2, 0) is 9.59 Å². The standard InChI is InChI=1S/C15H20O2.C7H13NO/c1-11-8-9-14(12(2)10-11)17-15(16)13-6-4-3-5-7-13;8-7(9)6-4-2-1-3-5-6/h8-10,13H,3-7H2,1-2H3;6H,1-5H2,(H2,8,9). The Morgan fingerprint density at radius 1 is 0.885 bits per heavy atom. The van der Waals surface area contributed by atoms with E-state index in [1.807, 2.05) is 32.0 Å². The van der Waals surface area contributed by atoms with Crippen molar-refractivity contribution in [3.05, 3.63) is 29.3 Å². The van der Waals surface area contributed by atoms with E-state index >= 15 is 0 Å². The number of carbonyl (C=O) groups is 2. The number of esters is 1. The molecule has 0 radical (unpaired) electrons. The number of nitrogens with two attached hydrogens (primary N) is 1. The maximum Gasteiger partial charge on any atom is 0.314 e. The zero-order valence-electron chi connectivity index (χ0n) is 16.3. The van der Waals surface area contributed by atoms with Gasteiger partial charge in [-0.05, 0) is 51.2 Å². The lowest BCUT2D eigenvalue weighted by molar-refractivity contribution is -0.140. The first-order valence-corrected chi connectivity index (χ1v) is 10.1. The maximum atomic E-state index is 12.0. The van der Waals surface area contributed by atoms with E-state index in [1.54, 1.807) is 0 Å². The quantitative estimate of drug-likeness (QED) is 0.620. The number of hydrogen-bond donors (Lipinski definition) is 1. The minimum Gasteiger partial charge on any atom is -0.426 e. The second kappa shape index (κ2) is 10.3. The molecule has 2 fully saturated rings. The number of rotatable bonds is 3. The van der Waals surface area contributed by atoms with E-state index in [0.717, 1.165) is 44.1 Å². The van der Waals surface area contributed by atoms with Crippen LogP contribution in [0.15, 0.2) is 18.2 Å². The fourth-order valence-corrected chi connectivity index (χ4v) is 3.83. The van der Waals surface area contributed by atoms with Gasteiger partial charge in [-0.25, -0.2) is 0 Å². The topological polar surface area (TPSA) is 69.4 Å². The molecule has 3 rings (SSSR count). The minimum atomic E-state index is -0.102. The largest absolute Gasteiger partial charge is 0.426 e. The van der Waals surface area contributed by atoms with E-state index in [1.165, 1.54) is 31.2 Å². The molecule has 2 N–H and O–H groups in total.